The van der Waals surface area contributed by atoms with Crippen molar-refractivity contribution in [2.24, 2.45) is 17.6 Å². The second-order valence-corrected chi connectivity index (χ2v) is 4.75. The molecule has 1 nitrogen and oxygen atoms in total. The summed E-state index contributed by atoms with van der Waals surface area (Å²) >= 11 is 5.74. The van der Waals surface area contributed by atoms with Crippen LogP contribution in [0.15, 0.2) is 35.5 Å². The molecule has 2 N–H and O–H groups in total. The third kappa shape index (κ3) is 7.26. The minimum Gasteiger partial charge on any atom is -0.403 e. The molecule has 0 aliphatic heterocycles. The lowest BCUT2D eigenvalue weighted by Crippen LogP contribution is -1.99. The van der Waals surface area contributed by atoms with Crippen LogP contribution in [-0.4, -0.2) is 0 Å². The normalized spacial score (nSPS) is 14.9. The molecule has 0 aliphatic carbocycles. The lowest BCUT2D eigenvalue weighted by molar-refractivity contribution is 0.550. The van der Waals surface area contributed by atoms with E-state index < -0.39 is 0 Å². The molecule has 0 saturated heterocycles. The van der Waals surface area contributed by atoms with Gasteiger partial charge in [-0.1, -0.05) is 50.6 Å². The Bertz CT molecular complexity index is 251. The Hall–Kier alpha value is -0.690. The summed E-state index contributed by atoms with van der Waals surface area (Å²) in [5.41, 5.74) is 6.57. The van der Waals surface area contributed by atoms with Crippen molar-refractivity contribution in [2.45, 2.75) is 33.6 Å². The molecule has 0 aromatic rings. The highest BCUT2D eigenvalue weighted by Gasteiger charge is 2.05. The van der Waals surface area contributed by atoms with Crippen LogP contribution >= 0.6 is 11.6 Å². The van der Waals surface area contributed by atoms with Crippen LogP contribution in [0.1, 0.15) is 33.6 Å². The topological polar surface area (TPSA) is 26.0 Å². The Morgan fingerprint density at radius 2 is 2.00 bits per heavy atom. The Balaban J connectivity index is 3.90. The standard InChI is InChI=1S/C13H22ClN/c1-10(2)12(4)8-11(3)6-5-7-13(14)9-15/h5,7,9-11H,4,6,8,15H2,1-3H3/b7-5+,13-9+. The summed E-state index contributed by atoms with van der Waals surface area (Å²) in [6.07, 6.45) is 7.39. The maximum Gasteiger partial charge on any atom is 0.0557 e. The van der Waals surface area contributed by atoms with Gasteiger partial charge in [0.2, 0.25) is 0 Å². The van der Waals surface area contributed by atoms with Crippen molar-refractivity contribution in [2.75, 3.05) is 0 Å². The largest absolute Gasteiger partial charge is 0.403 e. The average molecular weight is 228 g/mol. The highest BCUT2D eigenvalue weighted by atomic mass is 35.5. The van der Waals surface area contributed by atoms with Gasteiger partial charge in [-0.2, -0.15) is 0 Å². The lowest BCUT2D eigenvalue weighted by atomic mass is 9.92. The Morgan fingerprint density at radius 1 is 1.40 bits per heavy atom. The van der Waals surface area contributed by atoms with Crippen LogP contribution in [0.25, 0.3) is 0 Å². The molecule has 0 aromatic heterocycles. The number of rotatable bonds is 6. The Morgan fingerprint density at radius 3 is 2.47 bits per heavy atom. The number of nitrogens with two attached hydrogens (primary N) is 1. The summed E-state index contributed by atoms with van der Waals surface area (Å²) in [5.74, 6) is 1.18. The van der Waals surface area contributed by atoms with E-state index in [9.17, 15) is 0 Å². The molecule has 0 aliphatic rings. The van der Waals surface area contributed by atoms with Crippen molar-refractivity contribution in [1.29, 1.82) is 0 Å². The van der Waals surface area contributed by atoms with E-state index in [4.69, 9.17) is 17.3 Å². The summed E-state index contributed by atoms with van der Waals surface area (Å²) in [6, 6.07) is 0. The lowest BCUT2D eigenvalue weighted by Gasteiger charge is -2.13. The van der Waals surface area contributed by atoms with Crippen LogP contribution < -0.4 is 5.73 Å². The Labute approximate surface area is 98.7 Å². The first kappa shape index (κ1) is 14.3. The van der Waals surface area contributed by atoms with Gasteiger partial charge in [-0.05, 0) is 30.8 Å². The highest BCUT2D eigenvalue weighted by molar-refractivity contribution is 6.31. The van der Waals surface area contributed by atoms with Crippen molar-refractivity contribution < 1.29 is 0 Å². The minimum absolute atomic E-state index is 0.573. The smallest absolute Gasteiger partial charge is 0.0557 e. The zero-order valence-electron chi connectivity index (χ0n) is 9.96. The van der Waals surface area contributed by atoms with Gasteiger partial charge in [0, 0.05) is 6.20 Å². The average Bonchev–Trinajstić information content (AvgIpc) is 2.17. The molecular weight excluding hydrogens is 206 g/mol. The van der Waals surface area contributed by atoms with Gasteiger partial charge in [-0.3, -0.25) is 0 Å². The van der Waals surface area contributed by atoms with Crippen molar-refractivity contribution >= 4 is 11.6 Å². The molecule has 0 aromatic carbocycles. The van der Waals surface area contributed by atoms with E-state index in [1.54, 1.807) is 0 Å². The first-order valence-corrected chi connectivity index (χ1v) is 5.76. The van der Waals surface area contributed by atoms with Gasteiger partial charge in [0.25, 0.3) is 0 Å². The van der Waals surface area contributed by atoms with Gasteiger partial charge in [0.05, 0.1) is 5.03 Å². The molecule has 0 saturated carbocycles. The Kier molecular flexibility index (Phi) is 7.23. The van der Waals surface area contributed by atoms with Crippen molar-refractivity contribution in [3.8, 4) is 0 Å². The summed E-state index contributed by atoms with van der Waals surface area (Å²) in [5, 5.41) is 0.588. The third-order valence-corrected chi connectivity index (χ3v) is 2.65. The van der Waals surface area contributed by atoms with E-state index in [1.807, 2.05) is 6.08 Å². The van der Waals surface area contributed by atoms with Crippen LogP contribution in [-0.2, 0) is 0 Å². The third-order valence-electron chi connectivity index (χ3n) is 2.40. The summed E-state index contributed by atoms with van der Waals surface area (Å²) in [7, 11) is 0. The van der Waals surface area contributed by atoms with E-state index in [0.29, 0.717) is 16.9 Å². The molecule has 0 bridgehead atoms. The predicted octanol–water partition coefficient (Wildman–Crippen LogP) is 4.21. The molecule has 86 valence electrons. The zero-order valence-corrected chi connectivity index (χ0v) is 10.7. The fourth-order valence-electron chi connectivity index (χ4n) is 1.24. The van der Waals surface area contributed by atoms with Crippen molar-refractivity contribution in [1.82, 2.24) is 0 Å². The van der Waals surface area contributed by atoms with Gasteiger partial charge < -0.3 is 5.73 Å². The first-order valence-electron chi connectivity index (χ1n) is 5.39. The number of allylic oxidation sites excluding steroid dienone is 4. The quantitative estimate of drug-likeness (QED) is 0.534. The second-order valence-electron chi connectivity index (χ2n) is 4.31. The van der Waals surface area contributed by atoms with E-state index in [0.717, 1.165) is 12.8 Å². The zero-order chi connectivity index (χ0) is 11.8. The van der Waals surface area contributed by atoms with Crippen LogP contribution in [0.2, 0.25) is 0 Å². The molecule has 1 unspecified atom stereocenters. The van der Waals surface area contributed by atoms with Crippen LogP contribution in [0.5, 0.6) is 0 Å². The predicted molar refractivity (Wildman–Crippen MR) is 69.6 cm³/mol. The SMILES string of the molecule is C=C(CC(C)C/C=C/C(Cl)=C\N)C(C)C. The summed E-state index contributed by atoms with van der Waals surface area (Å²) < 4.78 is 0. The number of hydrogen-bond donors (Lipinski definition) is 1. The number of hydrogen-bond acceptors (Lipinski definition) is 1. The summed E-state index contributed by atoms with van der Waals surface area (Å²) in [6.45, 7) is 10.7. The molecular formula is C13H22ClN. The maximum atomic E-state index is 5.74. The van der Waals surface area contributed by atoms with Crippen LogP contribution in [0.3, 0.4) is 0 Å². The van der Waals surface area contributed by atoms with Gasteiger partial charge in [-0.25, -0.2) is 0 Å². The van der Waals surface area contributed by atoms with Gasteiger partial charge in [0.15, 0.2) is 0 Å². The molecule has 0 spiro atoms. The molecule has 0 fully saturated rings. The summed E-state index contributed by atoms with van der Waals surface area (Å²) in [4.78, 5) is 0. The molecule has 0 amide bonds. The minimum atomic E-state index is 0.573. The van der Waals surface area contributed by atoms with E-state index in [1.165, 1.54) is 11.8 Å². The van der Waals surface area contributed by atoms with Gasteiger partial charge in [0.1, 0.15) is 0 Å². The van der Waals surface area contributed by atoms with E-state index in [-0.39, 0.29) is 0 Å². The monoisotopic (exact) mass is 227 g/mol. The highest BCUT2D eigenvalue weighted by Crippen LogP contribution is 2.20. The van der Waals surface area contributed by atoms with E-state index in [2.05, 4.69) is 33.4 Å². The van der Waals surface area contributed by atoms with Crippen molar-refractivity contribution in [3.05, 3.63) is 35.5 Å². The molecule has 0 heterocycles. The fraction of sp³-hybridized carbons (Fsp3) is 0.538. The molecule has 15 heavy (non-hydrogen) atoms. The van der Waals surface area contributed by atoms with Gasteiger partial charge in [-0.15, -0.1) is 0 Å². The maximum absolute atomic E-state index is 5.74. The van der Waals surface area contributed by atoms with E-state index >= 15 is 0 Å². The number of halogens is 1. The molecule has 2 heteroatoms. The molecule has 1 atom stereocenters. The van der Waals surface area contributed by atoms with Crippen LogP contribution in [0.4, 0.5) is 0 Å². The van der Waals surface area contributed by atoms with Gasteiger partial charge >= 0.3 is 0 Å². The second kappa shape index (κ2) is 7.58. The van der Waals surface area contributed by atoms with Crippen LogP contribution in [0, 0.1) is 11.8 Å². The fourth-order valence-corrected chi connectivity index (χ4v) is 1.32. The molecule has 0 rings (SSSR count). The first-order chi connectivity index (χ1) is 6.97. The molecule has 0 radical (unpaired) electrons. The van der Waals surface area contributed by atoms with Crippen molar-refractivity contribution in [3.63, 3.8) is 0 Å².